The zero-order valence-corrected chi connectivity index (χ0v) is 17.8. The van der Waals surface area contributed by atoms with Crippen LogP contribution in [0.15, 0.2) is 30.3 Å². The molecule has 12 nitrogen and oxygen atoms in total. The van der Waals surface area contributed by atoms with Gasteiger partial charge in [-0.1, -0.05) is 30.3 Å². The van der Waals surface area contributed by atoms with E-state index in [2.05, 4.69) is 16.0 Å². The number of alkyl carbamates (subject to hydrolysis) is 1. The third-order valence-corrected chi connectivity index (χ3v) is 4.75. The van der Waals surface area contributed by atoms with E-state index in [0.29, 0.717) is 0 Å². The van der Waals surface area contributed by atoms with Crippen molar-refractivity contribution in [2.24, 2.45) is 0 Å². The highest BCUT2D eigenvalue weighted by Crippen LogP contribution is 2.22. The summed E-state index contributed by atoms with van der Waals surface area (Å²) >= 11 is 0. The molecule has 1 saturated heterocycles. The molecule has 6 atom stereocenters. The fourth-order valence-corrected chi connectivity index (χ4v) is 3.07. The zero-order chi connectivity index (χ0) is 23.7. The predicted octanol–water partition coefficient (Wildman–Crippen LogP) is -2.01. The predicted molar refractivity (Wildman–Crippen MR) is 109 cm³/mol. The molecule has 0 aromatic heterocycles. The second-order valence-electron chi connectivity index (χ2n) is 7.14. The number of rotatable bonds is 9. The van der Waals surface area contributed by atoms with Crippen LogP contribution in [0.25, 0.3) is 0 Å². The molecule has 0 saturated carbocycles. The van der Waals surface area contributed by atoms with E-state index in [4.69, 9.17) is 14.2 Å². The van der Waals surface area contributed by atoms with E-state index >= 15 is 0 Å². The van der Waals surface area contributed by atoms with Crippen LogP contribution in [-0.2, 0) is 30.4 Å². The summed E-state index contributed by atoms with van der Waals surface area (Å²) in [4.78, 5) is 35.8. The number of hydrogen-bond acceptors (Lipinski definition) is 9. The lowest BCUT2D eigenvalue weighted by Crippen LogP contribution is -2.65. The smallest absolute Gasteiger partial charge is 0.408 e. The third kappa shape index (κ3) is 7.14. The number of aliphatic hydroxyl groups excluding tert-OH is 3. The van der Waals surface area contributed by atoms with Crippen LogP contribution < -0.4 is 16.0 Å². The highest BCUT2D eigenvalue weighted by Gasteiger charge is 2.45. The summed E-state index contributed by atoms with van der Waals surface area (Å²) < 4.78 is 16.1. The molecule has 0 unspecified atom stereocenters. The monoisotopic (exact) mass is 455 g/mol. The van der Waals surface area contributed by atoms with Gasteiger partial charge in [-0.25, -0.2) is 4.79 Å². The van der Waals surface area contributed by atoms with Gasteiger partial charge in [0.2, 0.25) is 11.8 Å². The van der Waals surface area contributed by atoms with E-state index in [-0.39, 0.29) is 6.61 Å². The maximum absolute atomic E-state index is 12.2. The van der Waals surface area contributed by atoms with Crippen molar-refractivity contribution in [1.29, 1.82) is 0 Å². The van der Waals surface area contributed by atoms with Crippen LogP contribution >= 0.6 is 0 Å². The largest absolute Gasteiger partial charge is 0.445 e. The Morgan fingerprint density at radius 1 is 1.16 bits per heavy atom. The van der Waals surface area contributed by atoms with Gasteiger partial charge in [0.25, 0.3) is 0 Å². The summed E-state index contributed by atoms with van der Waals surface area (Å²) in [5.41, 5.74) is 0.756. The van der Waals surface area contributed by atoms with Crippen LogP contribution in [0.3, 0.4) is 0 Å². The van der Waals surface area contributed by atoms with Crippen molar-refractivity contribution >= 4 is 17.9 Å². The molecular formula is C20H29N3O9. The summed E-state index contributed by atoms with van der Waals surface area (Å²) in [5, 5.41) is 36.9. The van der Waals surface area contributed by atoms with E-state index in [9.17, 15) is 29.7 Å². The average molecular weight is 455 g/mol. The van der Waals surface area contributed by atoms with Crippen molar-refractivity contribution in [2.45, 2.75) is 50.2 Å². The van der Waals surface area contributed by atoms with Crippen LogP contribution in [0.1, 0.15) is 12.5 Å². The maximum Gasteiger partial charge on any atom is 0.408 e. The molecule has 6 N–H and O–H groups in total. The van der Waals surface area contributed by atoms with Crippen molar-refractivity contribution in [2.75, 3.05) is 20.3 Å². The molecule has 1 aromatic carbocycles. The number of benzene rings is 1. The van der Waals surface area contributed by atoms with Crippen LogP contribution in [0.4, 0.5) is 4.79 Å². The minimum Gasteiger partial charge on any atom is -0.445 e. The highest BCUT2D eigenvalue weighted by molar-refractivity contribution is 5.85. The number of amides is 3. The van der Waals surface area contributed by atoms with E-state index in [1.807, 2.05) is 6.07 Å². The van der Waals surface area contributed by atoms with E-state index in [1.165, 1.54) is 14.0 Å². The summed E-state index contributed by atoms with van der Waals surface area (Å²) in [7, 11) is 1.37. The first-order valence-corrected chi connectivity index (χ1v) is 9.96. The second kappa shape index (κ2) is 12.3. The molecular weight excluding hydrogens is 426 g/mol. The van der Waals surface area contributed by atoms with E-state index in [0.717, 1.165) is 5.56 Å². The molecule has 0 bridgehead atoms. The summed E-state index contributed by atoms with van der Waals surface area (Å²) in [5.74, 6) is -1.11. The Labute approximate surface area is 184 Å². The van der Waals surface area contributed by atoms with Crippen molar-refractivity contribution in [3.63, 3.8) is 0 Å². The lowest BCUT2D eigenvalue weighted by Gasteiger charge is -2.42. The van der Waals surface area contributed by atoms with E-state index < -0.39 is 67.8 Å². The van der Waals surface area contributed by atoms with Crippen molar-refractivity contribution < 1.29 is 43.9 Å². The molecule has 1 fully saturated rings. The van der Waals surface area contributed by atoms with Gasteiger partial charge in [-0.3, -0.25) is 9.59 Å². The number of carbonyl (C=O) groups is 3. The summed E-state index contributed by atoms with van der Waals surface area (Å²) in [6.07, 6.45) is -6.33. The molecule has 2 rings (SSSR count). The summed E-state index contributed by atoms with van der Waals surface area (Å²) in [6, 6.07) is 6.57. The molecule has 1 aliphatic rings. The first kappa shape index (κ1) is 25.5. The van der Waals surface area contributed by atoms with Crippen molar-refractivity contribution in [3.05, 3.63) is 35.9 Å². The van der Waals surface area contributed by atoms with Crippen LogP contribution in [0.5, 0.6) is 0 Å². The van der Waals surface area contributed by atoms with Gasteiger partial charge in [-0.05, 0) is 5.56 Å². The molecule has 0 spiro atoms. The average Bonchev–Trinajstić information content (AvgIpc) is 2.79. The third-order valence-electron chi connectivity index (χ3n) is 4.75. The van der Waals surface area contributed by atoms with Gasteiger partial charge in [-0.15, -0.1) is 0 Å². The van der Waals surface area contributed by atoms with Gasteiger partial charge in [-0.2, -0.15) is 0 Å². The Hall–Kier alpha value is -2.77. The fraction of sp³-hybridized carbons (Fsp3) is 0.550. The molecule has 1 heterocycles. The Morgan fingerprint density at radius 3 is 2.44 bits per heavy atom. The maximum atomic E-state index is 12.2. The molecule has 0 radical (unpaired) electrons. The Morgan fingerprint density at radius 2 is 1.84 bits per heavy atom. The molecule has 178 valence electrons. The quantitative estimate of drug-likeness (QED) is 0.246. The number of nitrogens with one attached hydrogen (secondary N) is 3. The first-order chi connectivity index (χ1) is 15.3. The van der Waals surface area contributed by atoms with Gasteiger partial charge in [0.1, 0.15) is 37.0 Å². The fourth-order valence-electron chi connectivity index (χ4n) is 3.07. The first-order valence-electron chi connectivity index (χ1n) is 9.96. The van der Waals surface area contributed by atoms with E-state index in [1.54, 1.807) is 24.3 Å². The number of ether oxygens (including phenoxy) is 3. The topological polar surface area (TPSA) is 176 Å². The minimum atomic E-state index is -1.50. The zero-order valence-electron chi connectivity index (χ0n) is 17.8. The lowest BCUT2D eigenvalue weighted by atomic mass is 9.97. The lowest BCUT2D eigenvalue weighted by molar-refractivity contribution is -0.270. The molecule has 32 heavy (non-hydrogen) atoms. The normalized spacial score (nSPS) is 26.0. The van der Waals surface area contributed by atoms with Crippen molar-refractivity contribution in [3.8, 4) is 0 Å². The van der Waals surface area contributed by atoms with Gasteiger partial charge >= 0.3 is 6.09 Å². The Bertz CT molecular complexity index is 764. The molecule has 3 amide bonds. The van der Waals surface area contributed by atoms with Gasteiger partial charge in [0.15, 0.2) is 6.29 Å². The van der Waals surface area contributed by atoms with Crippen molar-refractivity contribution in [1.82, 2.24) is 16.0 Å². The van der Waals surface area contributed by atoms with Crippen LogP contribution in [0, 0.1) is 0 Å². The second-order valence-corrected chi connectivity index (χ2v) is 7.14. The number of carbonyl (C=O) groups excluding carboxylic acids is 3. The standard InChI is InChI=1S/C20H29N3O9/c1-11(25)22-15-17(27)16(26)14(8-24)32-19(15)30-10-13(18(28)21-2)23-20(29)31-9-12-6-4-3-5-7-12/h3-7,13-17,19,24,26-27H,8-10H2,1-2H3,(H,21,28)(H,22,25)(H,23,29)/t13-,14+,15-,16-,17+,19+/m0/s1. The number of likely N-dealkylation sites (N-methyl/N-ethyl adjacent to an activating group) is 1. The van der Waals surface area contributed by atoms with Gasteiger partial charge in [0, 0.05) is 14.0 Å². The van der Waals surface area contributed by atoms with Gasteiger partial charge < -0.3 is 45.5 Å². The SMILES string of the molecule is CNC(=O)[C@H](CO[C@@H]1O[C@H](CO)[C@H](O)[C@H](O)[C@@H]1NC(C)=O)NC(=O)OCc1ccccc1. The summed E-state index contributed by atoms with van der Waals surface area (Å²) in [6.45, 7) is 0.161. The molecule has 0 aliphatic carbocycles. The molecule has 1 aliphatic heterocycles. The molecule has 1 aromatic rings. The highest BCUT2D eigenvalue weighted by atomic mass is 16.7. The molecule has 12 heteroatoms. The van der Waals surface area contributed by atoms with Crippen LogP contribution in [0.2, 0.25) is 0 Å². The van der Waals surface area contributed by atoms with Crippen LogP contribution in [-0.4, -0.2) is 90.2 Å². The Kier molecular flexibility index (Phi) is 9.81. The number of aliphatic hydroxyl groups is 3. The Balaban J connectivity index is 2.01. The number of hydrogen-bond donors (Lipinski definition) is 6. The minimum absolute atomic E-state index is 0.00734. The van der Waals surface area contributed by atoms with Gasteiger partial charge in [0.05, 0.1) is 13.2 Å².